The van der Waals surface area contributed by atoms with Crippen LogP contribution in [-0.2, 0) is 0 Å². The van der Waals surface area contributed by atoms with Crippen LogP contribution in [-0.4, -0.2) is 12.6 Å². The molecule has 0 aliphatic rings. The molecule has 2 rings (SSSR count). The average Bonchev–Trinajstić information content (AvgIpc) is 2.41. The fourth-order valence-electron chi connectivity index (χ4n) is 1.62. The van der Waals surface area contributed by atoms with Crippen molar-refractivity contribution in [3.8, 4) is 5.75 Å². The fraction of sp³-hybridized carbons (Fsp3) is 0.200. The predicted octanol–water partition coefficient (Wildman–Crippen LogP) is 4.87. The third-order valence-corrected chi connectivity index (χ3v) is 3.09. The summed E-state index contributed by atoms with van der Waals surface area (Å²) in [5.74, 6) is 0.815. The highest BCUT2D eigenvalue weighted by molar-refractivity contribution is 6.30. The van der Waals surface area contributed by atoms with Gasteiger partial charge >= 0.3 is 0 Å². The van der Waals surface area contributed by atoms with E-state index in [9.17, 15) is 0 Å². The molecule has 0 fully saturated rings. The molecule has 2 aromatic rings. The van der Waals surface area contributed by atoms with E-state index in [1.807, 2.05) is 55.5 Å². The number of hydrogen-bond acceptors (Lipinski definition) is 2. The number of nitrogens with one attached hydrogen (secondary N) is 1. The van der Waals surface area contributed by atoms with Crippen molar-refractivity contribution in [3.63, 3.8) is 0 Å². The largest absolute Gasteiger partial charge is 0.489 e. The molecule has 1 atom stereocenters. The Kier molecular flexibility index (Phi) is 4.94. The van der Waals surface area contributed by atoms with Gasteiger partial charge in [0.2, 0.25) is 0 Å². The van der Waals surface area contributed by atoms with Gasteiger partial charge in [0.25, 0.3) is 0 Å². The minimum atomic E-state index is 0.0526. The van der Waals surface area contributed by atoms with E-state index in [1.54, 1.807) is 0 Å². The minimum Gasteiger partial charge on any atom is -0.489 e. The highest BCUT2D eigenvalue weighted by atomic mass is 35.5. The van der Waals surface area contributed by atoms with Gasteiger partial charge in [-0.05, 0) is 55.5 Å². The summed E-state index contributed by atoms with van der Waals surface area (Å²) < 4.78 is 5.77. The molecule has 19 heavy (non-hydrogen) atoms. The summed E-state index contributed by atoms with van der Waals surface area (Å²) in [6.07, 6.45) is 0.0526. The first-order valence-corrected chi connectivity index (χ1v) is 6.81. The van der Waals surface area contributed by atoms with E-state index in [0.29, 0.717) is 11.6 Å². The Hall–Kier alpha value is -1.38. The summed E-state index contributed by atoms with van der Waals surface area (Å²) >= 11 is 11.7. The predicted molar refractivity (Wildman–Crippen MR) is 81.5 cm³/mol. The first kappa shape index (κ1) is 14.0. The molecule has 1 unspecified atom stereocenters. The van der Waals surface area contributed by atoms with E-state index < -0.39 is 0 Å². The molecule has 0 amide bonds. The molecular formula is C15H15Cl2NO. The lowest BCUT2D eigenvalue weighted by molar-refractivity contribution is 0.235. The van der Waals surface area contributed by atoms with Gasteiger partial charge in [-0.25, -0.2) is 0 Å². The Balaban J connectivity index is 1.82. The molecule has 0 spiro atoms. The third kappa shape index (κ3) is 4.66. The zero-order valence-corrected chi connectivity index (χ0v) is 12.1. The maximum atomic E-state index is 5.83. The second-order valence-corrected chi connectivity index (χ2v) is 5.14. The van der Waals surface area contributed by atoms with Gasteiger partial charge in [0.15, 0.2) is 0 Å². The molecule has 0 heterocycles. The molecule has 0 aromatic heterocycles. The molecule has 2 aromatic carbocycles. The van der Waals surface area contributed by atoms with E-state index in [-0.39, 0.29) is 6.10 Å². The number of rotatable bonds is 5. The number of hydrogen-bond donors (Lipinski definition) is 1. The Morgan fingerprint density at radius 1 is 0.947 bits per heavy atom. The van der Waals surface area contributed by atoms with Gasteiger partial charge < -0.3 is 10.1 Å². The Morgan fingerprint density at radius 2 is 1.47 bits per heavy atom. The van der Waals surface area contributed by atoms with Gasteiger partial charge in [-0.3, -0.25) is 0 Å². The summed E-state index contributed by atoms with van der Waals surface area (Å²) in [6.45, 7) is 2.72. The third-order valence-electron chi connectivity index (χ3n) is 2.59. The number of halogens is 2. The molecule has 0 aliphatic heterocycles. The van der Waals surface area contributed by atoms with Crippen molar-refractivity contribution >= 4 is 28.9 Å². The molecule has 0 aliphatic carbocycles. The monoisotopic (exact) mass is 295 g/mol. The van der Waals surface area contributed by atoms with Crippen LogP contribution in [0.3, 0.4) is 0 Å². The first-order chi connectivity index (χ1) is 9.13. The topological polar surface area (TPSA) is 21.3 Å². The van der Waals surface area contributed by atoms with Gasteiger partial charge in [-0.2, -0.15) is 0 Å². The molecule has 100 valence electrons. The van der Waals surface area contributed by atoms with Gasteiger partial charge in [0.1, 0.15) is 11.9 Å². The van der Waals surface area contributed by atoms with Crippen LogP contribution in [0.25, 0.3) is 0 Å². The van der Waals surface area contributed by atoms with Crippen LogP contribution in [0.4, 0.5) is 5.69 Å². The van der Waals surface area contributed by atoms with E-state index in [4.69, 9.17) is 27.9 Å². The molecule has 2 nitrogen and oxygen atoms in total. The number of ether oxygens (including phenoxy) is 1. The second kappa shape index (κ2) is 6.69. The van der Waals surface area contributed by atoms with Crippen LogP contribution < -0.4 is 10.1 Å². The Bertz CT molecular complexity index is 511. The quantitative estimate of drug-likeness (QED) is 0.849. The zero-order chi connectivity index (χ0) is 13.7. The molecule has 4 heteroatoms. The second-order valence-electron chi connectivity index (χ2n) is 4.27. The molecular weight excluding hydrogens is 281 g/mol. The van der Waals surface area contributed by atoms with Crippen LogP contribution >= 0.6 is 23.2 Å². The maximum absolute atomic E-state index is 5.83. The van der Waals surface area contributed by atoms with Crippen molar-refractivity contribution in [1.29, 1.82) is 0 Å². The summed E-state index contributed by atoms with van der Waals surface area (Å²) in [5.41, 5.74) is 1.02. The van der Waals surface area contributed by atoms with Crippen LogP contribution in [0, 0.1) is 0 Å². The standard InChI is InChI=1S/C15H15Cl2NO/c1-11(19-15-8-4-13(17)5-9-15)10-18-14-6-2-12(16)3-7-14/h2-9,11,18H,10H2,1H3. The fourth-order valence-corrected chi connectivity index (χ4v) is 1.87. The van der Waals surface area contributed by atoms with E-state index >= 15 is 0 Å². The van der Waals surface area contributed by atoms with Crippen molar-refractivity contribution in [2.45, 2.75) is 13.0 Å². The van der Waals surface area contributed by atoms with E-state index in [2.05, 4.69) is 5.32 Å². The van der Waals surface area contributed by atoms with Crippen molar-refractivity contribution in [3.05, 3.63) is 58.6 Å². The Morgan fingerprint density at radius 3 is 2.05 bits per heavy atom. The van der Waals surface area contributed by atoms with E-state index in [0.717, 1.165) is 16.5 Å². The highest BCUT2D eigenvalue weighted by Gasteiger charge is 2.04. The number of benzene rings is 2. The minimum absolute atomic E-state index is 0.0526. The van der Waals surface area contributed by atoms with Gasteiger partial charge in [-0.1, -0.05) is 23.2 Å². The summed E-state index contributed by atoms with van der Waals surface area (Å²) in [6, 6.07) is 15.0. The molecule has 0 radical (unpaired) electrons. The van der Waals surface area contributed by atoms with Crippen LogP contribution in [0.5, 0.6) is 5.75 Å². The lowest BCUT2D eigenvalue weighted by Gasteiger charge is -2.16. The lowest BCUT2D eigenvalue weighted by Crippen LogP contribution is -2.22. The summed E-state index contributed by atoms with van der Waals surface area (Å²) in [5, 5.41) is 4.73. The van der Waals surface area contributed by atoms with Gasteiger partial charge in [0.05, 0.1) is 6.54 Å². The zero-order valence-electron chi connectivity index (χ0n) is 10.6. The lowest BCUT2D eigenvalue weighted by atomic mass is 10.3. The van der Waals surface area contributed by atoms with Crippen molar-refractivity contribution in [2.24, 2.45) is 0 Å². The van der Waals surface area contributed by atoms with E-state index in [1.165, 1.54) is 0 Å². The molecule has 0 bridgehead atoms. The summed E-state index contributed by atoms with van der Waals surface area (Å²) in [7, 11) is 0. The molecule has 1 N–H and O–H groups in total. The van der Waals surface area contributed by atoms with Crippen molar-refractivity contribution in [2.75, 3.05) is 11.9 Å². The maximum Gasteiger partial charge on any atom is 0.119 e. The Labute approximate surface area is 123 Å². The SMILES string of the molecule is CC(CNc1ccc(Cl)cc1)Oc1ccc(Cl)cc1. The van der Waals surface area contributed by atoms with Crippen molar-refractivity contribution in [1.82, 2.24) is 0 Å². The van der Waals surface area contributed by atoms with Gasteiger partial charge in [0, 0.05) is 15.7 Å². The van der Waals surface area contributed by atoms with Crippen LogP contribution in [0.2, 0.25) is 10.0 Å². The van der Waals surface area contributed by atoms with Crippen LogP contribution in [0.1, 0.15) is 6.92 Å². The molecule has 0 saturated carbocycles. The highest BCUT2D eigenvalue weighted by Crippen LogP contribution is 2.17. The van der Waals surface area contributed by atoms with Crippen LogP contribution in [0.15, 0.2) is 48.5 Å². The first-order valence-electron chi connectivity index (χ1n) is 6.05. The normalized spacial score (nSPS) is 11.9. The summed E-state index contributed by atoms with van der Waals surface area (Å²) in [4.78, 5) is 0. The average molecular weight is 296 g/mol. The smallest absolute Gasteiger partial charge is 0.119 e. The number of anilines is 1. The van der Waals surface area contributed by atoms with Gasteiger partial charge in [-0.15, -0.1) is 0 Å². The molecule has 0 saturated heterocycles. The van der Waals surface area contributed by atoms with Crippen molar-refractivity contribution < 1.29 is 4.74 Å².